The fourth-order valence-electron chi connectivity index (χ4n) is 8.72. The van der Waals surface area contributed by atoms with Crippen LogP contribution in [0.3, 0.4) is 0 Å². The molecule has 0 radical (unpaired) electrons. The van der Waals surface area contributed by atoms with E-state index in [4.69, 9.17) is 4.74 Å². The molecule has 0 aliphatic heterocycles. The number of hydrogen-bond donors (Lipinski definition) is 6. The number of ketones is 1. The van der Waals surface area contributed by atoms with Crippen LogP contribution in [-0.2, 0) is 14.3 Å². The summed E-state index contributed by atoms with van der Waals surface area (Å²) >= 11 is 0. The van der Waals surface area contributed by atoms with Crippen LogP contribution in [0.4, 0.5) is 0 Å². The van der Waals surface area contributed by atoms with Crippen LogP contribution in [0.25, 0.3) is 0 Å². The number of esters is 1. The number of allylic oxidation sites excluding steroid dienone is 1. The van der Waals surface area contributed by atoms with Crippen molar-refractivity contribution in [3.05, 3.63) is 11.6 Å². The van der Waals surface area contributed by atoms with Gasteiger partial charge in [-0.2, -0.15) is 0 Å². The third-order valence-electron chi connectivity index (χ3n) is 11.2. The van der Waals surface area contributed by atoms with E-state index in [1.54, 1.807) is 13.0 Å². The maximum atomic E-state index is 13.4. The predicted molar refractivity (Wildman–Crippen MR) is 137 cm³/mol. The Kier molecular flexibility index (Phi) is 7.74. The predicted octanol–water partition coefficient (Wildman–Crippen LogP) is 1.25. The SMILES string of the molecule is CC(=O)OC(CCC(C)(O)CO)[C@@H](C)[C@H]1CC[C@@]2(O)C3=CC(=O)[C@@H]4C[C@@H](O)[C@@H](O)C(O)[C@]4(C)[C@H]3CC[C@]12C. The smallest absolute Gasteiger partial charge is 0.302 e. The molecule has 0 spiro atoms. The molecule has 9 nitrogen and oxygen atoms in total. The molecule has 3 saturated carbocycles. The van der Waals surface area contributed by atoms with E-state index in [0.29, 0.717) is 37.7 Å². The second-order valence-electron chi connectivity index (χ2n) is 13.4. The molecule has 9 heteroatoms. The monoisotopic (exact) mass is 538 g/mol. The van der Waals surface area contributed by atoms with E-state index < -0.39 is 64.9 Å². The van der Waals surface area contributed by atoms with E-state index in [0.717, 1.165) is 0 Å². The number of ether oxygens (including phenoxy) is 1. The van der Waals surface area contributed by atoms with Gasteiger partial charge in [0.1, 0.15) is 12.2 Å². The van der Waals surface area contributed by atoms with E-state index in [2.05, 4.69) is 0 Å². The van der Waals surface area contributed by atoms with Crippen LogP contribution in [0.5, 0.6) is 0 Å². The maximum absolute atomic E-state index is 13.4. The van der Waals surface area contributed by atoms with E-state index in [9.17, 15) is 40.2 Å². The van der Waals surface area contributed by atoms with Crippen molar-refractivity contribution in [2.24, 2.45) is 34.5 Å². The molecule has 0 aromatic rings. The Morgan fingerprint density at radius 2 is 1.84 bits per heavy atom. The zero-order chi connectivity index (χ0) is 28.4. The molecule has 3 fully saturated rings. The van der Waals surface area contributed by atoms with Gasteiger partial charge in [-0.05, 0) is 81.3 Å². The molecule has 0 heterocycles. The lowest BCUT2D eigenvalue weighted by molar-refractivity contribution is -0.199. The second kappa shape index (κ2) is 9.93. The van der Waals surface area contributed by atoms with Crippen molar-refractivity contribution in [3.63, 3.8) is 0 Å². The van der Waals surface area contributed by atoms with Crippen LogP contribution in [-0.4, -0.2) is 84.6 Å². The molecule has 3 unspecified atom stereocenters. The van der Waals surface area contributed by atoms with Crippen molar-refractivity contribution < 1.29 is 45.0 Å². The van der Waals surface area contributed by atoms with Crippen molar-refractivity contribution in [2.45, 2.75) is 115 Å². The molecule has 4 aliphatic rings. The standard InChI is InChI=1S/C29H46O9/c1-15(23(38-16(2)31)8-9-26(3,36)14-30)17-7-11-29(37)19-12-21(32)20-13-22(33)24(34)25(35)28(20,5)18(19)6-10-27(17,29)4/h12,15,17-18,20,22-25,30,33-37H,6-11,13-14H2,1-5H3/t15-,17+,18-,20-,22+,23?,24+,25?,26?,27+,28+,29+/m0/s1. The largest absolute Gasteiger partial charge is 0.462 e. The van der Waals surface area contributed by atoms with Crippen molar-refractivity contribution in [1.29, 1.82) is 0 Å². The molecule has 0 saturated heterocycles. The summed E-state index contributed by atoms with van der Waals surface area (Å²) in [7, 11) is 0. The van der Waals surface area contributed by atoms with Crippen LogP contribution in [0.1, 0.15) is 79.6 Å². The Balaban J connectivity index is 1.66. The zero-order valence-corrected chi connectivity index (χ0v) is 23.3. The minimum atomic E-state index is -1.36. The van der Waals surface area contributed by atoms with Gasteiger partial charge in [-0.1, -0.05) is 20.8 Å². The summed E-state index contributed by atoms with van der Waals surface area (Å²) in [6.07, 6.45) is 0.132. The average Bonchev–Trinajstić information content (AvgIpc) is 3.13. The van der Waals surface area contributed by atoms with E-state index in [1.165, 1.54) is 13.8 Å². The molecule has 0 amide bonds. The van der Waals surface area contributed by atoms with Crippen LogP contribution in [0.2, 0.25) is 0 Å². The Bertz CT molecular complexity index is 977. The number of rotatable bonds is 7. The van der Waals surface area contributed by atoms with Crippen LogP contribution < -0.4 is 0 Å². The molecule has 4 aliphatic carbocycles. The van der Waals surface area contributed by atoms with Gasteiger partial charge >= 0.3 is 5.97 Å². The Labute approximate surface area is 224 Å². The minimum Gasteiger partial charge on any atom is -0.462 e. The van der Waals surface area contributed by atoms with E-state index in [1.807, 2.05) is 13.8 Å². The number of fused-ring (bicyclic) bond motifs is 5. The summed E-state index contributed by atoms with van der Waals surface area (Å²) in [5, 5.41) is 64.1. The van der Waals surface area contributed by atoms with Crippen molar-refractivity contribution in [3.8, 4) is 0 Å². The third-order valence-corrected chi connectivity index (χ3v) is 11.2. The first kappa shape index (κ1) is 29.6. The Morgan fingerprint density at radius 1 is 1.18 bits per heavy atom. The van der Waals surface area contributed by atoms with E-state index >= 15 is 0 Å². The molecule has 0 aromatic carbocycles. The molecule has 6 N–H and O–H groups in total. The molecule has 12 atom stereocenters. The molecule has 38 heavy (non-hydrogen) atoms. The minimum absolute atomic E-state index is 0.0536. The normalized spacial score (nSPS) is 45.7. The second-order valence-corrected chi connectivity index (χ2v) is 13.4. The first-order valence-corrected chi connectivity index (χ1v) is 14.1. The summed E-state index contributed by atoms with van der Waals surface area (Å²) in [6, 6.07) is 0. The summed E-state index contributed by atoms with van der Waals surface area (Å²) in [5.41, 5.74) is -3.63. The number of carbonyl (C=O) groups excluding carboxylic acids is 2. The van der Waals surface area contributed by atoms with Crippen LogP contribution in [0.15, 0.2) is 11.6 Å². The van der Waals surface area contributed by atoms with Gasteiger partial charge in [0.2, 0.25) is 0 Å². The molecule has 0 bridgehead atoms. The molecule has 4 rings (SSSR count). The lowest BCUT2D eigenvalue weighted by Gasteiger charge is -2.61. The van der Waals surface area contributed by atoms with Crippen molar-refractivity contribution in [1.82, 2.24) is 0 Å². The fraction of sp³-hybridized carbons (Fsp3) is 0.862. The third kappa shape index (κ3) is 4.38. The van der Waals surface area contributed by atoms with E-state index in [-0.39, 0.29) is 36.4 Å². The average molecular weight is 539 g/mol. The van der Waals surface area contributed by atoms with Gasteiger partial charge in [-0.25, -0.2) is 0 Å². The Morgan fingerprint density at radius 3 is 2.45 bits per heavy atom. The molecule has 0 aromatic heterocycles. The quantitative estimate of drug-likeness (QED) is 0.262. The van der Waals surface area contributed by atoms with Crippen molar-refractivity contribution in [2.75, 3.05) is 6.61 Å². The van der Waals surface area contributed by atoms with Gasteiger partial charge in [0.05, 0.1) is 30.0 Å². The van der Waals surface area contributed by atoms with Crippen molar-refractivity contribution >= 4 is 11.8 Å². The first-order valence-electron chi connectivity index (χ1n) is 14.1. The van der Waals surface area contributed by atoms with Crippen LogP contribution >= 0.6 is 0 Å². The summed E-state index contributed by atoms with van der Waals surface area (Å²) < 4.78 is 5.70. The zero-order valence-electron chi connectivity index (χ0n) is 23.3. The highest BCUT2D eigenvalue weighted by Gasteiger charge is 2.69. The van der Waals surface area contributed by atoms with Gasteiger partial charge in [0, 0.05) is 23.7 Å². The van der Waals surface area contributed by atoms with Gasteiger partial charge in [0.25, 0.3) is 0 Å². The fourth-order valence-corrected chi connectivity index (χ4v) is 8.72. The first-order chi connectivity index (χ1) is 17.5. The maximum Gasteiger partial charge on any atom is 0.302 e. The number of carbonyl (C=O) groups is 2. The highest BCUT2D eigenvalue weighted by molar-refractivity contribution is 5.95. The van der Waals surface area contributed by atoms with Gasteiger partial charge in [-0.3, -0.25) is 9.59 Å². The molecular weight excluding hydrogens is 492 g/mol. The lowest BCUT2D eigenvalue weighted by atomic mass is 9.45. The number of hydrogen-bond acceptors (Lipinski definition) is 9. The highest BCUT2D eigenvalue weighted by Crippen LogP contribution is 2.68. The van der Waals surface area contributed by atoms with Gasteiger partial charge < -0.3 is 35.4 Å². The number of aliphatic hydroxyl groups is 6. The molecular formula is C29H46O9. The topological polar surface area (TPSA) is 165 Å². The van der Waals surface area contributed by atoms with Gasteiger partial charge in [0.15, 0.2) is 5.78 Å². The summed E-state index contributed by atoms with van der Waals surface area (Å²) in [6.45, 7) is 8.30. The van der Waals surface area contributed by atoms with Crippen LogP contribution in [0, 0.1) is 34.5 Å². The lowest BCUT2D eigenvalue weighted by Crippen LogP contribution is -2.66. The number of aliphatic hydroxyl groups excluding tert-OH is 4. The highest BCUT2D eigenvalue weighted by atomic mass is 16.5. The van der Waals surface area contributed by atoms with Gasteiger partial charge in [-0.15, -0.1) is 0 Å². The molecule has 216 valence electrons. The Hall–Kier alpha value is -1.36. The summed E-state index contributed by atoms with van der Waals surface area (Å²) in [4.78, 5) is 25.4. The summed E-state index contributed by atoms with van der Waals surface area (Å²) in [5.74, 6) is -1.84.